The van der Waals surface area contributed by atoms with Crippen molar-refractivity contribution in [1.82, 2.24) is 0 Å². The first kappa shape index (κ1) is 21.4. The van der Waals surface area contributed by atoms with Gasteiger partial charge in [0.1, 0.15) is 28.7 Å². The van der Waals surface area contributed by atoms with Gasteiger partial charge in [-0.15, -0.1) is 0 Å². The van der Waals surface area contributed by atoms with Crippen molar-refractivity contribution < 1.29 is 23.7 Å². The van der Waals surface area contributed by atoms with Gasteiger partial charge in [0.05, 0.1) is 35.5 Å². The summed E-state index contributed by atoms with van der Waals surface area (Å²) in [6, 6.07) is 19.8. The van der Waals surface area contributed by atoms with E-state index in [4.69, 9.17) is 23.7 Å². The van der Waals surface area contributed by atoms with Crippen molar-refractivity contribution in [3.8, 4) is 28.7 Å². The van der Waals surface area contributed by atoms with Crippen molar-refractivity contribution in [2.24, 2.45) is 0 Å². The van der Waals surface area contributed by atoms with Crippen molar-refractivity contribution in [1.29, 1.82) is 0 Å². The van der Waals surface area contributed by atoms with E-state index in [9.17, 15) is 0 Å². The van der Waals surface area contributed by atoms with E-state index in [0.29, 0.717) is 6.42 Å². The van der Waals surface area contributed by atoms with Gasteiger partial charge in [-0.25, -0.2) is 0 Å². The fraction of sp³-hybridized carbons (Fsp3) is 0.280. The van der Waals surface area contributed by atoms with Gasteiger partial charge in [0.15, 0.2) is 0 Å². The van der Waals surface area contributed by atoms with Crippen LogP contribution in [0.25, 0.3) is 0 Å². The molecule has 0 radical (unpaired) electrons. The minimum atomic E-state index is -0.0389. The van der Waals surface area contributed by atoms with Gasteiger partial charge in [-0.2, -0.15) is 0 Å². The maximum atomic E-state index is 5.73. The second-order valence-corrected chi connectivity index (χ2v) is 6.78. The van der Waals surface area contributed by atoms with Crippen LogP contribution in [-0.4, -0.2) is 35.5 Å². The quantitative estimate of drug-likeness (QED) is 0.493. The maximum Gasteiger partial charge on any atom is 0.126 e. The van der Waals surface area contributed by atoms with Crippen molar-refractivity contribution >= 4 is 0 Å². The molecule has 0 aromatic heterocycles. The molecule has 158 valence electrons. The molecule has 0 atom stereocenters. The van der Waals surface area contributed by atoms with E-state index in [0.717, 1.165) is 45.4 Å². The molecule has 0 aliphatic heterocycles. The van der Waals surface area contributed by atoms with Crippen LogP contribution in [0.4, 0.5) is 0 Å². The number of hydrogen-bond acceptors (Lipinski definition) is 5. The second-order valence-electron chi connectivity index (χ2n) is 6.78. The molecule has 5 heteroatoms. The highest BCUT2D eigenvalue weighted by molar-refractivity contribution is 5.53. The van der Waals surface area contributed by atoms with Gasteiger partial charge in [-0.05, 0) is 30.2 Å². The lowest BCUT2D eigenvalue weighted by Crippen LogP contribution is -2.10. The predicted molar refractivity (Wildman–Crippen MR) is 118 cm³/mol. The van der Waals surface area contributed by atoms with Gasteiger partial charge < -0.3 is 23.7 Å². The second kappa shape index (κ2) is 9.92. The maximum absolute atomic E-state index is 5.73. The lowest BCUT2D eigenvalue weighted by molar-refractivity contribution is 0.382. The zero-order chi connectivity index (χ0) is 21.5. The van der Waals surface area contributed by atoms with Crippen LogP contribution in [0, 0.1) is 0 Å². The van der Waals surface area contributed by atoms with E-state index >= 15 is 0 Å². The number of benzene rings is 3. The van der Waals surface area contributed by atoms with Crippen LogP contribution < -0.4 is 23.7 Å². The molecule has 0 unspecified atom stereocenters. The predicted octanol–water partition coefficient (Wildman–Crippen LogP) is 5.10. The summed E-state index contributed by atoms with van der Waals surface area (Å²) in [6.07, 6.45) is 0.704. The number of rotatable bonds is 9. The number of hydrogen-bond donors (Lipinski definition) is 0. The summed E-state index contributed by atoms with van der Waals surface area (Å²) >= 11 is 0. The average Bonchev–Trinajstić information content (AvgIpc) is 2.82. The molecule has 0 aliphatic rings. The first-order valence-electron chi connectivity index (χ1n) is 9.70. The Morgan fingerprint density at radius 1 is 0.567 bits per heavy atom. The Balaban J connectivity index is 2.17. The van der Waals surface area contributed by atoms with Crippen LogP contribution in [0.2, 0.25) is 0 Å². The van der Waals surface area contributed by atoms with Crippen LogP contribution in [0.1, 0.15) is 22.6 Å². The Morgan fingerprint density at radius 3 is 1.53 bits per heavy atom. The standard InChI is InChI=1S/C25H28O5/c1-26-18-10-12-20(24(15-18)29-4)22(14-17-8-6-7-9-23(17)28-3)21-13-11-19(27-2)16-25(21)30-5/h6-13,15-16,22H,14H2,1-5H3. The first-order valence-corrected chi connectivity index (χ1v) is 9.70. The molecular weight excluding hydrogens is 380 g/mol. The molecule has 0 saturated heterocycles. The Hall–Kier alpha value is -3.34. The number of ether oxygens (including phenoxy) is 5. The van der Waals surface area contributed by atoms with Crippen LogP contribution in [0.15, 0.2) is 60.7 Å². The van der Waals surface area contributed by atoms with Crippen molar-refractivity contribution in [3.05, 3.63) is 77.4 Å². The van der Waals surface area contributed by atoms with Crippen molar-refractivity contribution in [2.45, 2.75) is 12.3 Å². The lowest BCUT2D eigenvalue weighted by atomic mass is 9.84. The first-order chi connectivity index (χ1) is 14.6. The molecular formula is C25H28O5. The molecule has 0 heterocycles. The summed E-state index contributed by atoms with van der Waals surface area (Å²) in [5.41, 5.74) is 3.17. The topological polar surface area (TPSA) is 46.2 Å². The monoisotopic (exact) mass is 408 g/mol. The van der Waals surface area contributed by atoms with Gasteiger partial charge >= 0.3 is 0 Å². The third-order valence-corrected chi connectivity index (χ3v) is 5.25. The van der Waals surface area contributed by atoms with E-state index in [1.165, 1.54) is 0 Å². The molecule has 30 heavy (non-hydrogen) atoms. The third kappa shape index (κ3) is 4.46. The van der Waals surface area contributed by atoms with Crippen LogP contribution in [0.5, 0.6) is 28.7 Å². The largest absolute Gasteiger partial charge is 0.497 e. The highest BCUT2D eigenvalue weighted by atomic mass is 16.5. The molecule has 3 aromatic carbocycles. The highest BCUT2D eigenvalue weighted by Gasteiger charge is 2.24. The van der Waals surface area contributed by atoms with E-state index in [2.05, 4.69) is 6.07 Å². The fourth-order valence-corrected chi connectivity index (χ4v) is 3.69. The summed E-state index contributed by atoms with van der Waals surface area (Å²) in [7, 11) is 8.32. The van der Waals surface area contributed by atoms with E-state index in [1.54, 1.807) is 35.5 Å². The zero-order valence-corrected chi connectivity index (χ0v) is 18.1. The average molecular weight is 408 g/mol. The van der Waals surface area contributed by atoms with Crippen LogP contribution >= 0.6 is 0 Å². The Kier molecular flexibility index (Phi) is 7.07. The molecule has 0 amide bonds. The van der Waals surface area contributed by atoms with Gasteiger partial charge in [0.25, 0.3) is 0 Å². The molecule has 0 fully saturated rings. The molecule has 3 aromatic rings. The van der Waals surface area contributed by atoms with Gasteiger partial charge in [0, 0.05) is 29.2 Å². The normalized spacial score (nSPS) is 10.6. The Labute approximate surface area is 178 Å². The summed E-state index contributed by atoms with van der Waals surface area (Å²) in [4.78, 5) is 0. The fourth-order valence-electron chi connectivity index (χ4n) is 3.69. The third-order valence-electron chi connectivity index (χ3n) is 5.25. The molecule has 0 bridgehead atoms. The minimum Gasteiger partial charge on any atom is -0.497 e. The summed E-state index contributed by atoms with van der Waals surface area (Å²) in [5.74, 6) is 3.81. The van der Waals surface area contributed by atoms with Gasteiger partial charge in [-0.1, -0.05) is 30.3 Å². The summed E-state index contributed by atoms with van der Waals surface area (Å²) < 4.78 is 27.8. The molecule has 3 rings (SSSR count). The molecule has 0 saturated carbocycles. The highest BCUT2D eigenvalue weighted by Crippen LogP contribution is 2.42. The molecule has 0 spiro atoms. The molecule has 5 nitrogen and oxygen atoms in total. The summed E-state index contributed by atoms with van der Waals surface area (Å²) in [6.45, 7) is 0. The van der Waals surface area contributed by atoms with Gasteiger partial charge in [-0.3, -0.25) is 0 Å². The van der Waals surface area contributed by atoms with Crippen molar-refractivity contribution in [3.63, 3.8) is 0 Å². The molecule has 0 aliphatic carbocycles. The number of para-hydroxylation sites is 1. The van der Waals surface area contributed by atoms with E-state index in [1.807, 2.05) is 54.6 Å². The lowest BCUT2D eigenvalue weighted by Gasteiger charge is -2.24. The Morgan fingerprint density at radius 2 is 1.07 bits per heavy atom. The summed E-state index contributed by atoms with van der Waals surface area (Å²) in [5, 5.41) is 0. The smallest absolute Gasteiger partial charge is 0.126 e. The minimum absolute atomic E-state index is 0.0389. The molecule has 0 N–H and O–H groups in total. The number of methoxy groups -OCH3 is 5. The SMILES string of the molecule is COc1ccc(C(Cc2ccccc2OC)c2ccc(OC)cc2OC)c(OC)c1. The van der Waals surface area contributed by atoms with Crippen molar-refractivity contribution in [2.75, 3.05) is 35.5 Å². The van der Waals surface area contributed by atoms with Gasteiger partial charge in [0.2, 0.25) is 0 Å². The van der Waals surface area contributed by atoms with E-state index in [-0.39, 0.29) is 5.92 Å². The van der Waals surface area contributed by atoms with Crippen LogP contribution in [0.3, 0.4) is 0 Å². The Bertz CT molecular complexity index is 928. The zero-order valence-electron chi connectivity index (χ0n) is 18.1. The van der Waals surface area contributed by atoms with Crippen LogP contribution in [-0.2, 0) is 6.42 Å². The van der Waals surface area contributed by atoms with E-state index < -0.39 is 0 Å².